The van der Waals surface area contributed by atoms with Gasteiger partial charge < -0.3 is 14.6 Å². The summed E-state index contributed by atoms with van der Waals surface area (Å²) in [6.07, 6.45) is 0. The molecule has 5 nitrogen and oxygen atoms in total. The van der Waals surface area contributed by atoms with Gasteiger partial charge in [0.15, 0.2) is 0 Å². The average Bonchev–Trinajstić information content (AvgIpc) is 3.08. The van der Waals surface area contributed by atoms with Gasteiger partial charge in [0.2, 0.25) is 11.8 Å². The van der Waals surface area contributed by atoms with Gasteiger partial charge in [-0.1, -0.05) is 30.3 Å². The summed E-state index contributed by atoms with van der Waals surface area (Å²) < 4.78 is 5.80. The maximum absolute atomic E-state index is 12.5. The summed E-state index contributed by atoms with van der Waals surface area (Å²) in [5.74, 6) is 0.775. The van der Waals surface area contributed by atoms with Crippen LogP contribution in [0, 0.1) is 0 Å². The molecule has 3 aromatic rings. The first-order valence-corrected chi connectivity index (χ1v) is 9.40. The first kappa shape index (κ1) is 16.7. The Balaban J connectivity index is 1.47. The summed E-state index contributed by atoms with van der Waals surface area (Å²) >= 11 is 1.50. The lowest BCUT2D eigenvalue weighted by atomic mass is 10.2. The van der Waals surface area contributed by atoms with E-state index in [0.29, 0.717) is 11.5 Å². The van der Waals surface area contributed by atoms with Crippen molar-refractivity contribution in [3.63, 3.8) is 0 Å². The molecule has 132 valence electrons. The predicted molar refractivity (Wildman–Crippen MR) is 102 cm³/mol. The second kappa shape index (κ2) is 6.88. The third-order valence-electron chi connectivity index (χ3n) is 4.36. The third-order valence-corrected chi connectivity index (χ3v) is 5.41. The number of benzene rings is 2. The van der Waals surface area contributed by atoms with Crippen LogP contribution in [0.25, 0.3) is 11.0 Å². The van der Waals surface area contributed by atoms with Crippen molar-refractivity contribution in [2.45, 2.75) is 17.9 Å². The molecule has 4 rings (SSSR count). The first-order valence-electron chi connectivity index (χ1n) is 8.42. The van der Waals surface area contributed by atoms with E-state index >= 15 is 0 Å². The van der Waals surface area contributed by atoms with Crippen LogP contribution in [0.4, 0.5) is 5.69 Å². The Labute approximate surface area is 155 Å². The molecule has 2 heterocycles. The Morgan fingerprint density at radius 3 is 2.85 bits per heavy atom. The number of hydrogen-bond donors (Lipinski definition) is 1. The zero-order valence-corrected chi connectivity index (χ0v) is 15.1. The lowest BCUT2D eigenvalue weighted by Gasteiger charge is -2.28. The number of thioether (sulfide) groups is 1. The number of carbonyl (C=O) groups is 2. The monoisotopic (exact) mass is 366 g/mol. The highest BCUT2D eigenvalue weighted by Gasteiger charge is 2.27. The van der Waals surface area contributed by atoms with E-state index in [1.165, 1.54) is 11.8 Å². The Kier molecular flexibility index (Phi) is 4.42. The van der Waals surface area contributed by atoms with E-state index in [1.54, 1.807) is 4.90 Å². The van der Waals surface area contributed by atoms with Gasteiger partial charge in [-0.2, -0.15) is 0 Å². The minimum atomic E-state index is -0.278. The predicted octanol–water partition coefficient (Wildman–Crippen LogP) is 3.75. The van der Waals surface area contributed by atoms with Crippen LogP contribution in [-0.2, 0) is 9.59 Å². The Morgan fingerprint density at radius 2 is 2.00 bits per heavy atom. The number of rotatable bonds is 4. The molecule has 0 fully saturated rings. The van der Waals surface area contributed by atoms with Gasteiger partial charge in [0.05, 0.1) is 17.5 Å². The molecular formula is C20H18N2O3S. The molecule has 0 saturated carbocycles. The van der Waals surface area contributed by atoms with Gasteiger partial charge >= 0.3 is 0 Å². The molecule has 0 saturated heterocycles. The van der Waals surface area contributed by atoms with Crippen molar-refractivity contribution in [1.82, 2.24) is 5.32 Å². The Morgan fingerprint density at radius 1 is 1.23 bits per heavy atom. The molecular weight excluding hydrogens is 348 g/mol. The summed E-state index contributed by atoms with van der Waals surface area (Å²) in [6, 6.07) is 17.0. The largest absolute Gasteiger partial charge is 0.459 e. The van der Waals surface area contributed by atoms with Crippen molar-refractivity contribution >= 4 is 40.2 Å². The molecule has 1 aliphatic rings. The van der Waals surface area contributed by atoms with Crippen LogP contribution in [0.1, 0.15) is 18.7 Å². The van der Waals surface area contributed by atoms with Crippen molar-refractivity contribution < 1.29 is 14.0 Å². The SMILES string of the molecule is C[C@H](NC(=O)CN1C(=O)CSc2ccccc21)c1cc2ccccc2o1. The van der Waals surface area contributed by atoms with E-state index in [2.05, 4.69) is 5.32 Å². The fraction of sp³-hybridized carbons (Fsp3) is 0.200. The highest BCUT2D eigenvalue weighted by atomic mass is 32.2. The lowest BCUT2D eigenvalue weighted by molar-refractivity contribution is -0.123. The van der Waals surface area contributed by atoms with Gasteiger partial charge in [0, 0.05) is 10.3 Å². The van der Waals surface area contributed by atoms with Gasteiger partial charge in [0.25, 0.3) is 0 Å². The maximum atomic E-state index is 12.5. The van der Waals surface area contributed by atoms with Crippen molar-refractivity contribution in [3.05, 3.63) is 60.4 Å². The molecule has 2 aromatic carbocycles. The normalized spacial score (nSPS) is 15.0. The quantitative estimate of drug-likeness (QED) is 0.764. The topological polar surface area (TPSA) is 62.6 Å². The molecule has 0 unspecified atom stereocenters. The van der Waals surface area contributed by atoms with Crippen molar-refractivity contribution in [1.29, 1.82) is 0 Å². The van der Waals surface area contributed by atoms with Crippen LogP contribution < -0.4 is 10.2 Å². The number of carbonyl (C=O) groups excluding carboxylic acids is 2. The van der Waals surface area contributed by atoms with Crippen LogP contribution in [0.15, 0.2) is 63.9 Å². The molecule has 6 heteroatoms. The molecule has 1 aromatic heterocycles. The number of hydrogen-bond acceptors (Lipinski definition) is 4. The Bertz CT molecular complexity index is 949. The number of furan rings is 1. The standard InChI is InChI=1S/C20H18N2O3S/c1-13(17-10-14-6-2-4-8-16(14)25-17)21-19(23)11-22-15-7-3-5-9-18(15)26-12-20(22)24/h2-10,13H,11-12H2,1H3,(H,21,23)/t13-/m0/s1. The first-order chi connectivity index (χ1) is 12.6. The summed E-state index contributed by atoms with van der Waals surface area (Å²) in [6.45, 7) is 1.87. The summed E-state index contributed by atoms with van der Waals surface area (Å²) in [4.78, 5) is 27.4. The minimum Gasteiger partial charge on any atom is -0.459 e. The van der Waals surface area contributed by atoms with Crippen LogP contribution in [-0.4, -0.2) is 24.1 Å². The molecule has 0 aliphatic carbocycles. The van der Waals surface area contributed by atoms with E-state index in [9.17, 15) is 9.59 Å². The number of para-hydroxylation sites is 2. The van der Waals surface area contributed by atoms with Crippen molar-refractivity contribution in [2.75, 3.05) is 17.2 Å². The van der Waals surface area contributed by atoms with Crippen LogP contribution in [0.3, 0.4) is 0 Å². The van der Waals surface area contributed by atoms with Crippen LogP contribution >= 0.6 is 11.8 Å². The van der Waals surface area contributed by atoms with Gasteiger partial charge in [-0.25, -0.2) is 0 Å². The van der Waals surface area contributed by atoms with E-state index in [1.807, 2.05) is 61.5 Å². The fourth-order valence-corrected chi connectivity index (χ4v) is 3.98. The second-order valence-corrected chi connectivity index (χ2v) is 7.23. The second-order valence-electron chi connectivity index (χ2n) is 6.21. The summed E-state index contributed by atoms with van der Waals surface area (Å²) in [5, 5.41) is 3.92. The van der Waals surface area contributed by atoms with E-state index < -0.39 is 0 Å². The molecule has 0 radical (unpaired) electrons. The molecule has 26 heavy (non-hydrogen) atoms. The molecule has 1 N–H and O–H groups in total. The van der Waals surface area contributed by atoms with Gasteiger partial charge in [-0.05, 0) is 31.2 Å². The molecule has 0 spiro atoms. The molecule has 1 aliphatic heterocycles. The lowest BCUT2D eigenvalue weighted by Crippen LogP contribution is -2.43. The third kappa shape index (κ3) is 3.20. The van der Waals surface area contributed by atoms with Gasteiger partial charge in [0.1, 0.15) is 17.9 Å². The van der Waals surface area contributed by atoms with E-state index in [0.717, 1.165) is 21.6 Å². The summed E-state index contributed by atoms with van der Waals surface area (Å²) in [7, 11) is 0. The molecule has 2 amide bonds. The zero-order valence-electron chi connectivity index (χ0n) is 14.3. The number of fused-ring (bicyclic) bond motifs is 2. The number of nitrogens with one attached hydrogen (secondary N) is 1. The summed E-state index contributed by atoms with van der Waals surface area (Å²) in [5.41, 5.74) is 1.58. The average molecular weight is 366 g/mol. The van der Waals surface area contributed by atoms with Crippen molar-refractivity contribution in [2.24, 2.45) is 0 Å². The van der Waals surface area contributed by atoms with E-state index in [-0.39, 0.29) is 24.4 Å². The highest BCUT2D eigenvalue weighted by Crippen LogP contribution is 2.34. The van der Waals surface area contributed by atoms with Gasteiger partial charge in [-0.3, -0.25) is 9.59 Å². The van der Waals surface area contributed by atoms with Gasteiger partial charge in [-0.15, -0.1) is 11.8 Å². The molecule has 1 atom stereocenters. The minimum absolute atomic E-state index is 0.000967. The zero-order chi connectivity index (χ0) is 18.1. The van der Waals surface area contributed by atoms with E-state index in [4.69, 9.17) is 4.42 Å². The molecule has 0 bridgehead atoms. The van der Waals surface area contributed by atoms with Crippen LogP contribution in [0.2, 0.25) is 0 Å². The number of anilines is 1. The van der Waals surface area contributed by atoms with Crippen molar-refractivity contribution in [3.8, 4) is 0 Å². The number of amides is 2. The maximum Gasteiger partial charge on any atom is 0.240 e. The fourth-order valence-electron chi connectivity index (χ4n) is 3.04. The van der Waals surface area contributed by atoms with Crippen LogP contribution in [0.5, 0.6) is 0 Å². The number of nitrogens with zero attached hydrogens (tertiary/aromatic N) is 1. The highest BCUT2D eigenvalue weighted by molar-refractivity contribution is 8.00. The smallest absolute Gasteiger partial charge is 0.240 e. The Hall–Kier alpha value is -2.73.